The lowest BCUT2D eigenvalue weighted by Gasteiger charge is -2.13. The summed E-state index contributed by atoms with van der Waals surface area (Å²) in [6.07, 6.45) is 0.830. The number of thiazole rings is 1. The van der Waals surface area contributed by atoms with Crippen molar-refractivity contribution in [2.45, 2.75) is 32.7 Å². The molecule has 0 amide bonds. The van der Waals surface area contributed by atoms with Gasteiger partial charge in [-0.3, -0.25) is 0 Å². The zero-order valence-corrected chi connectivity index (χ0v) is 12.2. The summed E-state index contributed by atoms with van der Waals surface area (Å²) in [5, 5.41) is 3.10. The quantitative estimate of drug-likeness (QED) is 0.880. The Morgan fingerprint density at radius 1 is 1.32 bits per heavy atom. The van der Waals surface area contributed by atoms with Crippen LogP contribution in [0.2, 0.25) is 0 Å². The van der Waals surface area contributed by atoms with E-state index in [1.54, 1.807) is 11.3 Å². The van der Waals surface area contributed by atoms with Crippen molar-refractivity contribution in [3.8, 4) is 5.75 Å². The SMILES string of the molecule is CC(C)c1ccccc1OCCc1nc(CN)cs1. The molecule has 2 aromatic rings. The second-order valence-electron chi connectivity index (χ2n) is 4.73. The van der Waals surface area contributed by atoms with Gasteiger partial charge in [-0.15, -0.1) is 11.3 Å². The number of hydrogen-bond donors (Lipinski definition) is 1. The van der Waals surface area contributed by atoms with Crippen molar-refractivity contribution in [3.05, 3.63) is 45.9 Å². The maximum absolute atomic E-state index is 5.88. The fourth-order valence-electron chi connectivity index (χ4n) is 1.89. The van der Waals surface area contributed by atoms with Crippen LogP contribution >= 0.6 is 11.3 Å². The first-order valence-electron chi connectivity index (χ1n) is 6.55. The number of benzene rings is 1. The number of hydrogen-bond acceptors (Lipinski definition) is 4. The lowest BCUT2D eigenvalue weighted by molar-refractivity contribution is 0.317. The minimum atomic E-state index is 0.472. The monoisotopic (exact) mass is 276 g/mol. The van der Waals surface area contributed by atoms with Gasteiger partial charge in [-0.2, -0.15) is 0 Å². The standard InChI is InChI=1S/C15H20N2OS/c1-11(2)13-5-3-4-6-14(13)18-8-7-15-17-12(9-16)10-19-15/h3-6,10-11H,7-9,16H2,1-2H3. The zero-order chi connectivity index (χ0) is 13.7. The Hall–Kier alpha value is -1.39. The molecule has 0 aliphatic heterocycles. The highest BCUT2D eigenvalue weighted by molar-refractivity contribution is 7.09. The maximum atomic E-state index is 5.88. The van der Waals surface area contributed by atoms with E-state index in [2.05, 4.69) is 31.0 Å². The highest BCUT2D eigenvalue weighted by Gasteiger charge is 2.07. The molecule has 0 bridgehead atoms. The van der Waals surface area contributed by atoms with Gasteiger partial charge in [0.2, 0.25) is 0 Å². The molecule has 0 saturated carbocycles. The Labute approximate surface area is 118 Å². The third-order valence-electron chi connectivity index (χ3n) is 2.92. The van der Waals surface area contributed by atoms with Crippen molar-refractivity contribution in [1.29, 1.82) is 0 Å². The summed E-state index contributed by atoms with van der Waals surface area (Å²) in [5.41, 5.74) is 7.76. The molecule has 19 heavy (non-hydrogen) atoms. The van der Waals surface area contributed by atoms with Crippen LogP contribution in [0.1, 0.15) is 36.0 Å². The van der Waals surface area contributed by atoms with E-state index in [0.717, 1.165) is 22.9 Å². The molecule has 0 saturated heterocycles. The highest BCUT2D eigenvalue weighted by atomic mass is 32.1. The van der Waals surface area contributed by atoms with Crippen molar-refractivity contribution in [2.24, 2.45) is 5.73 Å². The van der Waals surface area contributed by atoms with Crippen molar-refractivity contribution in [2.75, 3.05) is 6.61 Å². The Morgan fingerprint density at radius 3 is 2.79 bits per heavy atom. The molecule has 4 heteroatoms. The first kappa shape index (κ1) is 14.0. The lowest BCUT2D eigenvalue weighted by Crippen LogP contribution is -2.04. The predicted molar refractivity (Wildman–Crippen MR) is 79.7 cm³/mol. The molecule has 1 heterocycles. The predicted octanol–water partition coefficient (Wildman–Crippen LogP) is 3.35. The molecule has 0 atom stereocenters. The van der Waals surface area contributed by atoms with E-state index in [1.807, 2.05) is 17.5 Å². The van der Waals surface area contributed by atoms with Crippen LogP contribution in [0, 0.1) is 0 Å². The van der Waals surface area contributed by atoms with Crippen molar-refractivity contribution in [1.82, 2.24) is 4.98 Å². The van der Waals surface area contributed by atoms with Crippen LogP contribution in [0.25, 0.3) is 0 Å². The van der Waals surface area contributed by atoms with Gasteiger partial charge in [0.1, 0.15) is 5.75 Å². The second kappa shape index (κ2) is 6.68. The molecule has 2 rings (SSSR count). The number of para-hydroxylation sites is 1. The molecular weight excluding hydrogens is 256 g/mol. The topological polar surface area (TPSA) is 48.1 Å². The van der Waals surface area contributed by atoms with Crippen LogP contribution in [0.4, 0.5) is 0 Å². The van der Waals surface area contributed by atoms with Crippen molar-refractivity contribution in [3.63, 3.8) is 0 Å². The first-order valence-corrected chi connectivity index (χ1v) is 7.43. The van der Waals surface area contributed by atoms with Crippen molar-refractivity contribution >= 4 is 11.3 Å². The summed E-state index contributed by atoms with van der Waals surface area (Å²) in [7, 11) is 0. The number of rotatable bonds is 6. The van der Waals surface area contributed by atoms with Crippen LogP contribution in [0.15, 0.2) is 29.6 Å². The molecule has 0 fully saturated rings. The van der Waals surface area contributed by atoms with Gasteiger partial charge in [0.25, 0.3) is 0 Å². The van der Waals surface area contributed by atoms with Crippen LogP contribution in [0.5, 0.6) is 5.75 Å². The van der Waals surface area contributed by atoms with Crippen molar-refractivity contribution < 1.29 is 4.74 Å². The van der Waals surface area contributed by atoms with E-state index in [1.165, 1.54) is 5.56 Å². The maximum Gasteiger partial charge on any atom is 0.122 e. The minimum Gasteiger partial charge on any atom is -0.493 e. The van der Waals surface area contributed by atoms with Gasteiger partial charge in [-0.05, 0) is 17.5 Å². The molecule has 0 aliphatic rings. The van der Waals surface area contributed by atoms with E-state index >= 15 is 0 Å². The highest BCUT2D eigenvalue weighted by Crippen LogP contribution is 2.26. The molecular formula is C15H20N2OS. The average molecular weight is 276 g/mol. The second-order valence-corrected chi connectivity index (χ2v) is 5.67. The number of nitrogens with zero attached hydrogens (tertiary/aromatic N) is 1. The van der Waals surface area contributed by atoms with E-state index in [9.17, 15) is 0 Å². The zero-order valence-electron chi connectivity index (χ0n) is 11.4. The van der Waals surface area contributed by atoms with Crippen LogP contribution in [-0.2, 0) is 13.0 Å². The van der Waals surface area contributed by atoms with Gasteiger partial charge in [0.15, 0.2) is 0 Å². The average Bonchev–Trinajstić information content (AvgIpc) is 2.87. The van der Waals surface area contributed by atoms with Crippen LogP contribution in [0.3, 0.4) is 0 Å². The lowest BCUT2D eigenvalue weighted by atomic mass is 10.0. The summed E-state index contributed by atoms with van der Waals surface area (Å²) in [6, 6.07) is 8.21. The molecule has 1 aromatic heterocycles. The van der Waals surface area contributed by atoms with Gasteiger partial charge in [-0.25, -0.2) is 4.98 Å². The summed E-state index contributed by atoms with van der Waals surface area (Å²) in [4.78, 5) is 4.43. The van der Waals surface area contributed by atoms with E-state index in [0.29, 0.717) is 19.1 Å². The molecule has 1 aromatic carbocycles. The summed E-state index contributed by atoms with van der Waals surface area (Å²) < 4.78 is 5.88. The number of aromatic nitrogens is 1. The Bertz CT molecular complexity index is 522. The van der Waals surface area contributed by atoms with Gasteiger partial charge in [0, 0.05) is 18.3 Å². The smallest absolute Gasteiger partial charge is 0.122 e. The first-order chi connectivity index (χ1) is 9.20. The van der Waals surface area contributed by atoms with Gasteiger partial charge in [-0.1, -0.05) is 32.0 Å². The van der Waals surface area contributed by atoms with E-state index < -0.39 is 0 Å². The Kier molecular flexibility index (Phi) is 4.93. The fourth-order valence-corrected chi connectivity index (χ4v) is 2.69. The number of nitrogens with two attached hydrogens (primary N) is 1. The minimum absolute atomic E-state index is 0.472. The molecule has 3 nitrogen and oxygen atoms in total. The number of ether oxygens (including phenoxy) is 1. The Balaban J connectivity index is 1.92. The molecule has 102 valence electrons. The fraction of sp³-hybridized carbons (Fsp3) is 0.400. The van der Waals surface area contributed by atoms with Crippen LogP contribution < -0.4 is 10.5 Å². The van der Waals surface area contributed by atoms with Crippen LogP contribution in [-0.4, -0.2) is 11.6 Å². The van der Waals surface area contributed by atoms with Gasteiger partial charge in [0.05, 0.1) is 17.3 Å². The Morgan fingerprint density at radius 2 is 2.11 bits per heavy atom. The largest absolute Gasteiger partial charge is 0.493 e. The molecule has 0 aliphatic carbocycles. The normalized spacial score (nSPS) is 10.9. The van der Waals surface area contributed by atoms with Gasteiger partial charge < -0.3 is 10.5 Å². The third-order valence-corrected chi connectivity index (χ3v) is 3.88. The molecule has 2 N–H and O–H groups in total. The summed E-state index contributed by atoms with van der Waals surface area (Å²) >= 11 is 1.65. The third kappa shape index (κ3) is 3.78. The van der Waals surface area contributed by atoms with E-state index in [-0.39, 0.29) is 0 Å². The van der Waals surface area contributed by atoms with Gasteiger partial charge >= 0.3 is 0 Å². The molecule has 0 spiro atoms. The summed E-state index contributed by atoms with van der Waals surface area (Å²) in [5.74, 6) is 1.45. The summed E-state index contributed by atoms with van der Waals surface area (Å²) in [6.45, 7) is 5.52. The molecule has 0 unspecified atom stereocenters. The van der Waals surface area contributed by atoms with E-state index in [4.69, 9.17) is 10.5 Å². The molecule has 0 radical (unpaired) electrons.